The van der Waals surface area contributed by atoms with Gasteiger partial charge in [-0.1, -0.05) is 13.0 Å². The van der Waals surface area contributed by atoms with E-state index in [0.29, 0.717) is 18.7 Å². The summed E-state index contributed by atoms with van der Waals surface area (Å²) in [4.78, 5) is 11.7. The third kappa shape index (κ3) is 3.54. The number of rotatable bonds is 5. The van der Waals surface area contributed by atoms with E-state index in [9.17, 15) is 13.2 Å². The van der Waals surface area contributed by atoms with Crippen LogP contribution >= 0.6 is 0 Å². The van der Waals surface area contributed by atoms with E-state index in [1.807, 2.05) is 0 Å². The van der Waals surface area contributed by atoms with Crippen LogP contribution in [0, 0.1) is 0 Å². The summed E-state index contributed by atoms with van der Waals surface area (Å²) in [5.74, 6) is -0.277. The molecule has 0 fully saturated rings. The maximum Gasteiger partial charge on any atom is 0.251 e. The summed E-state index contributed by atoms with van der Waals surface area (Å²) >= 11 is 0. The molecule has 0 atom stereocenters. The van der Waals surface area contributed by atoms with Gasteiger partial charge in [0.15, 0.2) is 0 Å². The maximum absolute atomic E-state index is 11.7. The molecular weight excluding hydrogens is 240 g/mol. The Morgan fingerprint density at radius 3 is 2.53 bits per heavy atom. The predicted molar refractivity (Wildman–Crippen MR) is 65.3 cm³/mol. The van der Waals surface area contributed by atoms with Gasteiger partial charge < -0.3 is 5.32 Å². The number of carbonyl (C=O) groups excluding carboxylic acids is 1. The van der Waals surface area contributed by atoms with Crippen molar-refractivity contribution < 1.29 is 13.2 Å². The Bertz CT molecular complexity index is 497. The second-order valence-corrected chi connectivity index (χ2v) is 5.16. The van der Waals surface area contributed by atoms with Gasteiger partial charge in [-0.3, -0.25) is 4.79 Å². The molecule has 0 saturated heterocycles. The average Bonchev–Trinajstić information content (AvgIpc) is 2.29. The highest BCUT2D eigenvalue weighted by Crippen LogP contribution is 2.11. The van der Waals surface area contributed by atoms with E-state index in [2.05, 4.69) is 10.0 Å². The van der Waals surface area contributed by atoms with Crippen LogP contribution in [0.2, 0.25) is 0 Å². The van der Waals surface area contributed by atoms with E-state index in [-0.39, 0.29) is 10.8 Å². The van der Waals surface area contributed by atoms with Crippen LogP contribution in [-0.2, 0) is 10.0 Å². The fraction of sp³-hybridized carbons (Fsp3) is 0.364. The van der Waals surface area contributed by atoms with Crippen LogP contribution in [-0.4, -0.2) is 27.4 Å². The van der Waals surface area contributed by atoms with Crippen LogP contribution in [0.25, 0.3) is 0 Å². The minimum absolute atomic E-state index is 0.100. The van der Waals surface area contributed by atoms with E-state index in [1.54, 1.807) is 26.0 Å². The molecule has 1 aromatic carbocycles. The lowest BCUT2D eigenvalue weighted by Gasteiger charge is -2.06. The highest BCUT2D eigenvalue weighted by molar-refractivity contribution is 7.89. The SMILES string of the molecule is CCNC(=O)c1cccc(S(=O)(=O)NCC)c1. The van der Waals surface area contributed by atoms with Crippen molar-refractivity contribution in [1.29, 1.82) is 0 Å². The Labute approximate surface area is 101 Å². The van der Waals surface area contributed by atoms with Gasteiger partial charge in [-0.2, -0.15) is 0 Å². The molecule has 0 spiro atoms. The number of amides is 1. The largest absolute Gasteiger partial charge is 0.352 e. The standard InChI is InChI=1S/C11H16N2O3S/c1-3-12-11(14)9-6-5-7-10(8-9)17(15,16)13-4-2/h5-8,13H,3-4H2,1-2H3,(H,12,14). The molecule has 1 amide bonds. The third-order valence-electron chi connectivity index (χ3n) is 2.08. The monoisotopic (exact) mass is 256 g/mol. The Kier molecular flexibility index (Phi) is 4.65. The molecule has 5 nitrogen and oxygen atoms in total. The quantitative estimate of drug-likeness (QED) is 0.815. The fourth-order valence-corrected chi connectivity index (χ4v) is 2.43. The molecule has 2 N–H and O–H groups in total. The molecule has 0 aliphatic carbocycles. The van der Waals surface area contributed by atoms with Crippen molar-refractivity contribution in [3.63, 3.8) is 0 Å². The van der Waals surface area contributed by atoms with Gasteiger partial charge in [0.05, 0.1) is 4.90 Å². The zero-order chi connectivity index (χ0) is 12.9. The van der Waals surface area contributed by atoms with Gasteiger partial charge in [-0.25, -0.2) is 13.1 Å². The molecular formula is C11H16N2O3S. The third-order valence-corrected chi connectivity index (χ3v) is 3.62. The van der Waals surface area contributed by atoms with Crippen molar-refractivity contribution in [3.05, 3.63) is 29.8 Å². The highest BCUT2D eigenvalue weighted by atomic mass is 32.2. The van der Waals surface area contributed by atoms with E-state index in [0.717, 1.165) is 0 Å². The van der Waals surface area contributed by atoms with E-state index < -0.39 is 10.0 Å². The Balaban J connectivity index is 3.05. The second kappa shape index (κ2) is 5.79. The molecule has 0 aromatic heterocycles. The van der Waals surface area contributed by atoms with Gasteiger partial charge >= 0.3 is 0 Å². The summed E-state index contributed by atoms with van der Waals surface area (Å²) in [6.45, 7) is 4.32. The van der Waals surface area contributed by atoms with Crippen LogP contribution in [0.5, 0.6) is 0 Å². The van der Waals surface area contributed by atoms with E-state index in [1.165, 1.54) is 12.1 Å². The molecule has 1 rings (SSSR count). The van der Waals surface area contributed by atoms with Crippen LogP contribution in [0.15, 0.2) is 29.2 Å². The number of carbonyl (C=O) groups is 1. The summed E-state index contributed by atoms with van der Waals surface area (Å²) in [5.41, 5.74) is 0.339. The Hall–Kier alpha value is -1.40. The van der Waals surface area contributed by atoms with Crippen LogP contribution in [0.4, 0.5) is 0 Å². The molecule has 94 valence electrons. The number of hydrogen-bond donors (Lipinski definition) is 2. The highest BCUT2D eigenvalue weighted by Gasteiger charge is 2.14. The normalized spacial score (nSPS) is 11.2. The molecule has 0 aliphatic rings. The zero-order valence-electron chi connectivity index (χ0n) is 9.86. The number of hydrogen-bond acceptors (Lipinski definition) is 3. The summed E-state index contributed by atoms with van der Waals surface area (Å²) in [6.07, 6.45) is 0. The topological polar surface area (TPSA) is 75.3 Å². The van der Waals surface area contributed by atoms with Crippen molar-refractivity contribution in [2.45, 2.75) is 18.7 Å². The van der Waals surface area contributed by atoms with E-state index >= 15 is 0 Å². The predicted octanol–water partition coefficient (Wildman–Crippen LogP) is 0.734. The first kappa shape index (κ1) is 13.7. The number of sulfonamides is 1. The molecule has 17 heavy (non-hydrogen) atoms. The summed E-state index contributed by atoms with van der Waals surface area (Å²) in [5, 5.41) is 2.62. The Morgan fingerprint density at radius 1 is 1.24 bits per heavy atom. The van der Waals surface area contributed by atoms with Crippen LogP contribution < -0.4 is 10.0 Å². The van der Waals surface area contributed by atoms with Crippen LogP contribution in [0.1, 0.15) is 24.2 Å². The maximum atomic E-state index is 11.7. The van der Waals surface area contributed by atoms with Gasteiger partial charge in [0.25, 0.3) is 5.91 Å². The lowest BCUT2D eigenvalue weighted by molar-refractivity contribution is 0.0955. The number of nitrogens with one attached hydrogen (secondary N) is 2. The van der Waals surface area contributed by atoms with Gasteiger partial charge in [0, 0.05) is 18.7 Å². The first-order valence-corrected chi connectivity index (χ1v) is 6.87. The first-order chi connectivity index (χ1) is 8.01. The summed E-state index contributed by atoms with van der Waals surface area (Å²) < 4.78 is 25.8. The lowest BCUT2D eigenvalue weighted by atomic mass is 10.2. The van der Waals surface area contributed by atoms with Gasteiger partial charge in [-0.05, 0) is 25.1 Å². The smallest absolute Gasteiger partial charge is 0.251 e. The molecule has 0 unspecified atom stereocenters. The molecule has 6 heteroatoms. The van der Waals surface area contributed by atoms with E-state index in [4.69, 9.17) is 0 Å². The first-order valence-electron chi connectivity index (χ1n) is 5.39. The van der Waals surface area contributed by atoms with Crippen molar-refractivity contribution in [2.24, 2.45) is 0 Å². The molecule has 0 heterocycles. The van der Waals surface area contributed by atoms with Crippen molar-refractivity contribution in [2.75, 3.05) is 13.1 Å². The lowest BCUT2D eigenvalue weighted by Crippen LogP contribution is -2.25. The van der Waals surface area contributed by atoms with Crippen LogP contribution in [0.3, 0.4) is 0 Å². The fourth-order valence-electron chi connectivity index (χ4n) is 1.34. The minimum atomic E-state index is -3.51. The molecule has 0 aliphatic heterocycles. The molecule has 0 bridgehead atoms. The second-order valence-electron chi connectivity index (χ2n) is 3.39. The van der Waals surface area contributed by atoms with Gasteiger partial charge in [-0.15, -0.1) is 0 Å². The van der Waals surface area contributed by atoms with Crippen molar-refractivity contribution in [1.82, 2.24) is 10.0 Å². The number of benzene rings is 1. The minimum Gasteiger partial charge on any atom is -0.352 e. The van der Waals surface area contributed by atoms with Crippen molar-refractivity contribution in [3.8, 4) is 0 Å². The average molecular weight is 256 g/mol. The van der Waals surface area contributed by atoms with Gasteiger partial charge in [0.2, 0.25) is 10.0 Å². The van der Waals surface area contributed by atoms with Crippen molar-refractivity contribution >= 4 is 15.9 Å². The molecule has 1 aromatic rings. The Morgan fingerprint density at radius 2 is 1.94 bits per heavy atom. The molecule has 0 saturated carbocycles. The van der Waals surface area contributed by atoms with Gasteiger partial charge in [0.1, 0.15) is 0 Å². The molecule has 0 radical (unpaired) electrons. The summed E-state index contributed by atoms with van der Waals surface area (Å²) in [6, 6.07) is 5.95. The summed E-state index contributed by atoms with van der Waals surface area (Å²) in [7, 11) is -3.51. The zero-order valence-corrected chi connectivity index (χ0v) is 10.7.